The first-order chi connectivity index (χ1) is 14.2. The summed E-state index contributed by atoms with van der Waals surface area (Å²) in [7, 11) is 1.65. The van der Waals surface area contributed by atoms with E-state index in [0.717, 1.165) is 55.5 Å². The summed E-state index contributed by atoms with van der Waals surface area (Å²) in [6, 6.07) is 14.0. The molecule has 3 N–H and O–H groups in total. The van der Waals surface area contributed by atoms with Crippen LogP contribution < -0.4 is 29.3 Å². The molecule has 1 saturated heterocycles. The Hall–Kier alpha value is -2.77. The van der Waals surface area contributed by atoms with Crippen molar-refractivity contribution in [3.8, 4) is 17.2 Å². The Morgan fingerprint density at radius 1 is 1.03 bits per heavy atom. The first-order valence-electron chi connectivity index (χ1n) is 10.2. The van der Waals surface area contributed by atoms with Gasteiger partial charge in [0.2, 0.25) is 6.79 Å². The van der Waals surface area contributed by atoms with E-state index in [4.69, 9.17) is 14.2 Å². The summed E-state index contributed by atoms with van der Waals surface area (Å²) in [6.07, 6.45) is 0. The molecule has 7 nitrogen and oxygen atoms in total. The fraction of sp³-hybridized carbons (Fsp3) is 0.409. The fourth-order valence-corrected chi connectivity index (χ4v) is 3.98. The number of methoxy groups -OCH3 is 1. The lowest BCUT2D eigenvalue weighted by molar-refractivity contribution is -1.02. The number of piperazine rings is 1. The lowest BCUT2D eigenvalue weighted by Gasteiger charge is -2.29. The van der Waals surface area contributed by atoms with Gasteiger partial charge in [0.25, 0.3) is 5.91 Å². The molecule has 0 unspecified atom stereocenters. The maximum Gasteiger partial charge on any atom is 0.275 e. The van der Waals surface area contributed by atoms with E-state index in [1.807, 2.05) is 30.3 Å². The number of carbonyl (C=O) groups excluding carboxylic acids is 1. The zero-order chi connectivity index (χ0) is 20.1. The van der Waals surface area contributed by atoms with E-state index in [1.54, 1.807) is 12.0 Å². The van der Waals surface area contributed by atoms with Gasteiger partial charge in [-0.25, -0.2) is 0 Å². The summed E-state index contributed by atoms with van der Waals surface area (Å²) in [4.78, 5) is 15.2. The van der Waals surface area contributed by atoms with E-state index in [1.165, 1.54) is 10.5 Å². The van der Waals surface area contributed by atoms with Crippen LogP contribution in [-0.4, -0.2) is 52.5 Å². The normalized spacial score (nSPS) is 20.3. The first-order valence-corrected chi connectivity index (χ1v) is 10.2. The second-order valence-corrected chi connectivity index (χ2v) is 7.63. The Kier molecular flexibility index (Phi) is 6.17. The lowest BCUT2D eigenvalue weighted by Crippen LogP contribution is -3.28. The van der Waals surface area contributed by atoms with Crippen LogP contribution in [0.2, 0.25) is 0 Å². The van der Waals surface area contributed by atoms with Crippen LogP contribution in [0.25, 0.3) is 0 Å². The molecule has 4 rings (SSSR count). The molecule has 0 saturated carbocycles. The van der Waals surface area contributed by atoms with E-state index < -0.39 is 0 Å². The van der Waals surface area contributed by atoms with Crippen LogP contribution in [0, 0.1) is 0 Å². The third-order valence-electron chi connectivity index (χ3n) is 5.63. The van der Waals surface area contributed by atoms with Gasteiger partial charge in [0, 0.05) is 17.7 Å². The molecule has 29 heavy (non-hydrogen) atoms. The van der Waals surface area contributed by atoms with Crippen LogP contribution in [0.1, 0.15) is 11.1 Å². The predicted molar refractivity (Wildman–Crippen MR) is 107 cm³/mol. The fourth-order valence-electron chi connectivity index (χ4n) is 3.98. The van der Waals surface area contributed by atoms with Crippen molar-refractivity contribution in [2.45, 2.75) is 13.1 Å². The Morgan fingerprint density at radius 2 is 1.79 bits per heavy atom. The topological polar surface area (TPSA) is 65.7 Å². The minimum absolute atomic E-state index is 0.0881. The number of hydrogen-bond acceptors (Lipinski definition) is 4. The molecule has 0 radical (unpaired) electrons. The maximum absolute atomic E-state index is 12.4. The summed E-state index contributed by atoms with van der Waals surface area (Å²) in [5.74, 6) is 2.57. The summed E-state index contributed by atoms with van der Waals surface area (Å²) in [6.45, 7) is 6.43. The molecule has 1 amide bonds. The summed E-state index contributed by atoms with van der Waals surface area (Å²) >= 11 is 0. The van der Waals surface area contributed by atoms with Crippen LogP contribution in [-0.2, 0) is 17.9 Å². The standard InChI is InChI=1S/C22H27N3O4/c1-27-19-5-3-2-4-18(19)13-23-22(26)15-25-10-8-24(9-11-25)14-17-6-7-20-21(12-17)29-16-28-20/h2-7,12H,8-11,13-16H2,1H3,(H,23,26)/p+2. The van der Waals surface area contributed by atoms with Gasteiger partial charge >= 0.3 is 0 Å². The summed E-state index contributed by atoms with van der Waals surface area (Å²) in [5, 5.41) is 3.02. The van der Waals surface area contributed by atoms with E-state index in [-0.39, 0.29) is 5.91 Å². The van der Waals surface area contributed by atoms with Crippen molar-refractivity contribution in [3.63, 3.8) is 0 Å². The molecular weight excluding hydrogens is 370 g/mol. The number of rotatable bonds is 7. The van der Waals surface area contributed by atoms with Crippen LogP contribution in [0.15, 0.2) is 42.5 Å². The predicted octanol–water partition coefficient (Wildman–Crippen LogP) is -0.976. The van der Waals surface area contributed by atoms with Crippen LogP contribution >= 0.6 is 0 Å². The number of nitrogens with one attached hydrogen (secondary N) is 3. The van der Waals surface area contributed by atoms with Crippen LogP contribution in [0.3, 0.4) is 0 Å². The molecule has 0 spiro atoms. The van der Waals surface area contributed by atoms with Crippen molar-refractivity contribution in [1.29, 1.82) is 0 Å². The highest BCUT2D eigenvalue weighted by atomic mass is 16.7. The number of quaternary nitrogens is 2. The summed E-state index contributed by atoms with van der Waals surface area (Å²) < 4.78 is 16.2. The smallest absolute Gasteiger partial charge is 0.275 e. The summed E-state index contributed by atoms with van der Waals surface area (Å²) in [5.41, 5.74) is 2.26. The molecule has 1 fully saturated rings. The molecular formula is C22H29N3O4+2. The highest BCUT2D eigenvalue weighted by molar-refractivity contribution is 5.76. The van der Waals surface area contributed by atoms with Crippen molar-refractivity contribution in [1.82, 2.24) is 5.32 Å². The van der Waals surface area contributed by atoms with Gasteiger partial charge in [0.15, 0.2) is 18.0 Å². The van der Waals surface area contributed by atoms with Crippen molar-refractivity contribution in [2.24, 2.45) is 0 Å². The minimum Gasteiger partial charge on any atom is -0.496 e. The number of para-hydroxylation sites is 1. The number of ether oxygens (including phenoxy) is 3. The monoisotopic (exact) mass is 399 g/mol. The maximum atomic E-state index is 12.4. The van der Waals surface area contributed by atoms with E-state index in [2.05, 4.69) is 17.4 Å². The van der Waals surface area contributed by atoms with Gasteiger partial charge in [0.1, 0.15) is 38.5 Å². The molecule has 0 aliphatic carbocycles. The zero-order valence-electron chi connectivity index (χ0n) is 16.8. The van der Waals surface area contributed by atoms with Gasteiger partial charge in [-0.05, 0) is 24.3 Å². The third-order valence-corrected chi connectivity index (χ3v) is 5.63. The molecule has 0 aromatic heterocycles. The van der Waals surface area contributed by atoms with Crippen molar-refractivity contribution < 1.29 is 28.8 Å². The van der Waals surface area contributed by atoms with Crippen molar-refractivity contribution in [3.05, 3.63) is 53.6 Å². The third kappa shape index (κ3) is 4.99. The van der Waals surface area contributed by atoms with E-state index in [0.29, 0.717) is 19.9 Å². The lowest BCUT2D eigenvalue weighted by atomic mass is 10.1. The number of hydrogen-bond donors (Lipinski definition) is 3. The van der Waals surface area contributed by atoms with Crippen LogP contribution in [0.5, 0.6) is 17.2 Å². The molecule has 154 valence electrons. The number of benzene rings is 2. The molecule has 2 aromatic rings. The molecule has 2 aliphatic heterocycles. The Balaban J connectivity index is 1.20. The van der Waals surface area contributed by atoms with Gasteiger partial charge in [-0.15, -0.1) is 0 Å². The SMILES string of the molecule is COc1ccccc1CNC(=O)C[NH+]1CC[NH+](Cc2ccc3c(c2)OCO3)CC1. The average Bonchev–Trinajstić information content (AvgIpc) is 3.22. The van der Waals surface area contributed by atoms with Gasteiger partial charge in [0.05, 0.1) is 7.11 Å². The second kappa shape index (κ2) is 9.15. The Labute approximate surface area is 171 Å². The van der Waals surface area contributed by atoms with Gasteiger partial charge in [-0.1, -0.05) is 18.2 Å². The van der Waals surface area contributed by atoms with E-state index >= 15 is 0 Å². The minimum atomic E-state index is 0.0881. The molecule has 2 aliphatic rings. The highest BCUT2D eigenvalue weighted by Crippen LogP contribution is 2.32. The van der Waals surface area contributed by atoms with Crippen molar-refractivity contribution in [2.75, 3.05) is 46.6 Å². The number of fused-ring (bicyclic) bond motifs is 1. The zero-order valence-corrected chi connectivity index (χ0v) is 16.8. The molecule has 0 bridgehead atoms. The largest absolute Gasteiger partial charge is 0.496 e. The van der Waals surface area contributed by atoms with Gasteiger partial charge in [-0.2, -0.15) is 0 Å². The molecule has 7 heteroatoms. The quantitative estimate of drug-likeness (QED) is 0.560. The molecule has 0 atom stereocenters. The molecule has 2 heterocycles. The van der Waals surface area contributed by atoms with Gasteiger partial charge in [-0.3, -0.25) is 4.79 Å². The van der Waals surface area contributed by atoms with Gasteiger partial charge < -0.3 is 29.3 Å². The van der Waals surface area contributed by atoms with Crippen molar-refractivity contribution >= 4 is 5.91 Å². The van der Waals surface area contributed by atoms with Crippen LogP contribution in [0.4, 0.5) is 0 Å². The molecule has 2 aromatic carbocycles. The first kappa shape index (κ1) is 19.5. The number of amides is 1. The Morgan fingerprint density at radius 3 is 2.62 bits per heavy atom. The Bertz CT molecular complexity index is 850. The average molecular weight is 399 g/mol. The number of carbonyl (C=O) groups is 1. The van der Waals surface area contributed by atoms with E-state index in [9.17, 15) is 4.79 Å². The highest BCUT2D eigenvalue weighted by Gasteiger charge is 2.25. The second-order valence-electron chi connectivity index (χ2n) is 7.63.